The topological polar surface area (TPSA) is 155 Å². The lowest BCUT2D eigenvalue weighted by Crippen LogP contribution is -2.34. The van der Waals surface area contributed by atoms with E-state index in [2.05, 4.69) is 10.4 Å². The number of allylic oxidation sites excluding steroid dienone is 1. The molecule has 35 heavy (non-hydrogen) atoms. The molecular weight excluding hydrogens is 501 g/mol. The third kappa shape index (κ3) is 4.91. The number of carbonyl (C=O) groups excluding carboxylic acids is 1. The van der Waals surface area contributed by atoms with Crippen LogP contribution in [0.15, 0.2) is 46.0 Å². The maximum Gasteiger partial charge on any atom is 0.410 e. The van der Waals surface area contributed by atoms with Gasteiger partial charge in [0.1, 0.15) is 5.75 Å². The molecule has 0 saturated carbocycles. The van der Waals surface area contributed by atoms with Gasteiger partial charge in [0, 0.05) is 16.8 Å². The second-order valence-electron chi connectivity index (χ2n) is 7.78. The molecule has 3 aromatic rings. The Bertz CT molecular complexity index is 1500. The summed E-state index contributed by atoms with van der Waals surface area (Å²) in [5.74, 6) is -0.235. The molecule has 0 fully saturated rings. The Morgan fingerprint density at radius 3 is 2.49 bits per heavy atom. The summed E-state index contributed by atoms with van der Waals surface area (Å²) in [6, 6.07) is 7.63. The van der Waals surface area contributed by atoms with E-state index in [1.165, 1.54) is 12.1 Å². The van der Waals surface area contributed by atoms with E-state index in [0.717, 1.165) is 4.68 Å². The highest BCUT2D eigenvalue weighted by atomic mass is 35.5. The highest BCUT2D eigenvalue weighted by Crippen LogP contribution is 2.41. The van der Waals surface area contributed by atoms with Crippen LogP contribution >= 0.6 is 23.2 Å². The molecule has 0 radical (unpaired) electrons. The number of nitrogens with one attached hydrogen (secondary N) is 3. The number of fused-ring (bicyclic) bond motifs is 1. The first kappa shape index (κ1) is 24.0. The molecule has 2 amide bonds. The van der Waals surface area contributed by atoms with E-state index in [4.69, 9.17) is 33.0 Å². The number of amides is 2. The number of aromatic amines is 1. The Hall–Kier alpha value is -4.09. The monoisotopic (exact) mass is 517 g/mol. The molecule has 0 spiro atoms. The standard InChI is InChI=1S/C22H17Cl2N5O6/c1-9(2)5-13-12-8-11(3-4-16(12)25-19(13)30)35-17-14(23)6-10(7-15(17)24)29-21(32)27-20(31)18(28-29)26-22(33)34/h3-9H,1-2H3,(H,25,30)(H,26,28)(H,33,34)(H,27,31,32)/b13-5-. The molecule has 13 heteroatoms. The lowest BCUT2D eigenvalue weighted by molar-refractivity contribution is -0.110. The number of hydrogen-bond donors (Lipinski definition) is 4. The molecule has 180 valence electrons. The van der Waals surface area contributed by atoms with Gasteiger partial charge < -0.3 is 15.2 Å². The zero-order valence-electron chi connectivity index (χ0n) is 18.2. The number of aromatic nitrogens is 3. The van der Waals surface area contributed by atoms with Gasteiger partial charge in [-0.3, -0.25) is 19.9 Å². The quantitative estimate of drug-likeness (QED) is 0.371. The van der Waals surface area contributed by atoms with Gasteiger partial charge >= 0.3 is 11.8 Å². The number of anilines is 2. The van der Waals surface area contributed by atoms with Crippen molar-refractivity contribution in [1.82, 2.24) is 14.8 Å². The zero-order valence-corrected chi connectivity index (χ0v) is 19.7. The lowest BCUT2D eigenvalue weighted by atomic mass is 10.0. The molecule has 1 aliphatic heterocycles. The number of hydrogen-bond acceptors (Lipinski definition) is 6. The molecule has 2 heterocycles. The van der Waals surface area contributed by atoms with Crippen LogP contribution in [-0.4, -0.2) is 31.9 Å². The molecule has 1 aromatic heterocycles. The number of carbonyl (C=O) groups is 2. The Balaban J connectivity index is 1.70. The second kappa shape index (κ2) is 9.28. The molecule has 4 rings (SSSR count). The zero-order chi connectivity index (χ0) is 25.4. The van der Waals surface area contributed by atoms with Crippen molar-refractivity contribution in [3.63, 3.8) is 0 Å². The maximum absolute atomic E-state index is 12.3. The third-order valence-corrected chi connectivity index (χ3v) is 5.34. The Labute approximate surface area is 207 Å². The summed E-state index contributed by atoms with van der Waals surface area (Å²) in [6.07, 6.45) is 0.313. The van der Waals surface area contributed by atoms with Gasteiger partial charge in [-0.2, -0.15) is 4.68 Å². The number of H-pyrrole nitrogens is 1. The Kier molecular flexibility index (Phi) is 6.37. The summed E-state index contributed by atoms with van der Waals surface area (Å²) in [5.41, 5.74) is -0.0490. The number of nitrogens with zero attached hydrogens (tertiary/aromatic N) is 2. The van der Waals surface area contributed by atoms with E-state index >= 15 is 0 Å². The van der Waals surface area contributed by atoms with Crippen molar-refractivity contribution in [3.05, 3.63) is 72.9 Å². The van der Waals surface area contributed by atoms with Gasteiger partial charge in [-0.15, -0.1) is 5.10 Å². The number of carboxylic acid groups (broad SMARTS) is 1. The van der Waals surface area contributed by atoms with Crippen molar-refractivity contribution >= 4 is 52.3 Å². The average molecular weight is 518 g/mol. The van der Waals surface area contributed by atoms with Crippen LogP contribution in [0.5, 0.6) is 11.5 Å². The van der Waals surface area contributed by atoms with Crippen molar-refractivity contribution in [1.29, 1.82) is 0 Å². The van der Waals surface area contributed by atoms with E-state index < -0.39 is 23.2 Å². The molecule has 2 aromatic carbocycles. The van der Waals surface area contributed by atoms with Gasteiger partial charge in [0.25, 0.3) is 11.5 Å². The summed E-state index contributed by atoms with van der Waals surface area (Å²) in [7, 11) is 0. The predicted molar refractivity (Wildman–Crippen MR) is 130 cm³/mol. The fraction of sp³-hybridized carbons (Fsp3) is 0.136. The van der Waals surface area contributed by atoms with Crippen LogP contribution in [0.3, 0.4) is 0 Å². The Morgan fingerprint density at radius 2 is 1.86 bits per heavy atom. The number of ether oxygens (including phenoxy) is 1. The van der Waals surface area contributed by atoms with Crippen LogP contribution < -0.4 is 26.6 Å². The highest BCUT2D eigenvalue weighted by Gasteiger charge is 2.25. The predicted octanol–water partition coefficient (Wildman–Crippen LogP) is 4.10. The van der Waals surface area contributed by atoms with Crippen LogP contribution in [0, 0.1) is 5.92 Å². The third-order valence-electron chi connectivity index (χ3n) is 4.77. The van der Waals surface area contributed by atoms with Gasteiger partial charge in [-0.1, -0.05) is 43.1 Å². The van der Waals surface area contributed by atoms with E-state index in [-0.39, 0.29) is 33.3 Å². The normalized spacial score (nSPS) is 13.6. The summed E-state index contributed by atoms with van der Waals surface area (Å²) < 4.78 is 6.61. The highest BCUT2D eigenvalue weighted by molar-refractivity contribution is 6.37. The first-order valence-corrected chi connectivity index (χ1v) is 10.9. The van der Waals surface area contributed by atoms with Crippen molar-refractivity contribution in [2.45, 2.75) is 13.8 Å². The van der Waals surface area contributed by atoms with E-state index in [1.807, 2.05) is 24.9 Å². The minimum atomic E-state index is -1.54. The maximum atomic E-state index is 12.3. The van der Waals surface area contributed by atoms with Crippen LogP contribution in [0.1, 0.15) is 19.4 Å². The number of rotatable bonds is 5. The molecule has 0 aliphatic carbocycles. The molecule has 0 atom stereocenters. The van der Waals surface area contributed by atoms with Crippen LogP contribution in [0.2, 0.25) is 10.0 Å². The SMILES string of the molecule is CC(C)/C=C1\C(=O)Nc2ccc(Oc3c(Cl)cc(-n4nc(NC(=O)O)c(=O)[nH]c4=O)cc3Cl)cc21. The number of halogens is 2. The van der Waals surface area contributed by atoms with E-state index in [1.54, 1.807) is 23.5 Å². The Morgan fingerprint density at radius 1 is 1.17 bits per heavy atom. The lowest BCUT2D eigenvalue weighted by Gasteiger charge is -2.13. The molecular formula is C22H17Cl2N5O6. The van der Waals surface area contributed by atoms with Crippen molar-refractivity contribution in [3.8, 4) is 17.2 Å². The summed E-state index contributed by atoms with van der Waals surface area (Å²) in [4.78, 5) is 49.1. The van der Waals surface area contributed by atoms with Crippen molar-refractivity contribution < 1.29 is 19.4 Å². The van der Waals surface area contributed by atoms with Gasteiger partial charge in [0.2, 0.25) is 5.82 Å². The smallest absolute Gasteiger partial charge is 0.410 e. The van der Waals surface area contributed by atoms with Crippen molar-refractivity contribution in [2.24, 2.45) is 5.92 Å². The largest absolute Gasteiger partial charge is 0.465 e. The molecule has 4 N–H and O–H groups in total. The minimum Gasteiger partial charge on any atom is -0.465 e. The second-order valence-corrected chi connectivity index (χ2v) is 8.59. The van der Waals surface area contributed by atoms with Gasteiger partial charge in [0.05, 0.1) is 15.7 Å². The molecule has 0 unspecified atom stereocenters. The summed E-state index contributed by atoms with van der Waals surface area (Å²) >= 11 is 12.7. The molecule has 0 bridgehead atoms. The van der Waals surface area contributed by atoms with E-state index in [0.29, 0.717) is 22.6 Å². The van der Waals surface area contributed by atoms with Crippen LogP contribution in [0.4, 0.5) is 16.3 Å². The van der Waals surface area contributed by atoms with Crippen LogP contribution in [0.25, 0.3) is 11.3 Å². The van der Waals surface area contributed by atoms with Crippen LogP contribution in [-0.2, 0) is 4.79 Å². The summed E-state index contributed by atoms with van der Waals surface area (Å²) in [6.45, 7) is 3.92. The van der Waals surface area contributed by atoms with Gasteiger partial charge in [-0.05, 0) is 36.2 Å². The fourth-order valence-electron chi connectivity index (χ4n) is 3.37. The fourth-order valence-corrected chi connectivity index (χ4v) is 3.92. The molecule has 1 aliphatic rings. The molecule has 11 nitrogen and oxygen atoms in total. The van der Waals surface area contributed by atoms with E-state index in [9.17, 15) is 19.2 Å². The van der Waals surface area contributed by atoms with Gasteiger partial charge in [-0.25, -0.2) is 9.59 Å². The first-order chi connectivity index (χ1) is 16.5. The first-order valence-electron chi connectivity index (χ1n) is 10.1. The van der Waals surface area contributed by atoms with Crippen molar-refractivity contribution in [2.75, 3.05) is 10.6 Å². The average Bonchev–Trinajstić information content (AvgIpc) is 3.06. The number of benzene rings is 2. The minimum absolute atomic E-state index is 0.00721. The van der Waals surface area contributed by atoms with Gasteiger partial charge in [0.15, 0.2) is 5.75 Å². The molecule has 0 saturated heterocycles. The summed E-state index contributed by atoms with van der Waals surface area (Å²) in [5, 5.41) is 17.2.